The van der Waals surface area contributed by atoms with Crippen molar-refractivity contribution in [3.8, 4) is 5.75 Å². The lowest BCUT2D eigenvalue weighted by Crippen LogP contribution is -2.52. The number of nitrogens with one attached hydrogen (secondary N) is 1. The number of amides is 3. The number of hydrogen-bond donors (Lipinski definition) is 1. The minimum absolute atomic E-state index is 0.161. The monoisotopic (exact) mass is 439 g/mol. The van der Waals surface area contributed by atoms with Gasteiger partial charge in [-0.05, 0) is 55.7 Å². The maximum atomic E-state index is 13.3. The van der Waals surface area contributed by atoms with Gasteiger partial charge in [0.1, 0.15) is 12.3 Å². The average molecular weight is 440 g/mol. The summed E-state index contributed by atoms with van der Waals surface area (Å²) < 4.78 is 5.13. The molecule has 2 aromatic carbocycles. The van der Waals surface area contributed by atoms with E-state index in [2.05, 4.69) is 5.32 Å². The number of hydrogen-bond acceptors (Lipinski definition) is 5. The van der Waals surface area contributed by atoms with Gasteiger partial charge in [0.15, 0.2) is 5.25 Å². The highest BCUT2D eigenvalue weighted by atomic mass is 32.2. The molecule has 0 radical (unpaired) electrons. The summed E-state index contributed by atoms with van der Waals surface area (Å²) in [6, 6.07) is 14.4. The second kappa shape index (κ2) is 9.43. The minimum atomic E-state index is -0.859. The zero-order valence-corrected chi connectivity index (χ0v) is 18.2. The average Bonchev–Trinajstić information content (AvgIpc) is 2.81. The Morgan fingerprint density at radius 2 is 1.77 bits per heavy atom. The molecule has 1 fully saturated rings. The SMILES string of the molecule is COc1ccc(NC(=O)CN2C(=O)[C@@H](C(=O)N3CCCCC3)Sc3ccccc32)cc1. The first-order valence-corrected chi connectivity index (χ1v) is 11.2. The van der Waals surface area contributed by atoms with E-state index in [1.807, 2.05) is 24.3 Å². The third kappa shape index (κ3) is 4.69. The van der Waals surface area contributed by atoms with Gasteiger partial charge in [-0.25, -0.2) is 0 Å². The summed E-state index contributed by atoms with van der Waals surface area (Å²) in [6.45, 7) is 1.21. The molecular weight excluding hydrogens is 414 g/mol. The van der Waals surface area contributed by atoms with Gasteiger partial charge in [0.2, 0.25) is 11.8 Å². The summed E-state index contributed by atoms with van der Waals surface area (Å²) in [5, 5.41) is 1.95. The van der Waals surface area contributed by atoms with Gasteiger partial charge >= 0.3 is 0 Å². The second-order valence-corrected chi connectivity index (χ2v) is 8.70. The number of likely N-dealkylation sites (tertiary alicyclic amines) is 1. The number of ether oxygens (including phenoxy) is 1. The van der Waals surface area contributed by atoms with E-state index in [0.717, 1.165) is 24.2 Å². The molecule has 0 spiro atoms. The van der Waals surface area contributed by atoms with Crippen LogP contribution in [0.1, 0.15) is 19.3 Å². The Bertz CT molecular complexity index is 973. The van der Waals surface area contributed by atoms with Gasteiger partial charge in [0.25, 0.3) is 5.91 Å². The molecule has 1 saturated heterocycles. The van der Waals surface area contributed by atoms with Crippen molar-refractivity contribution in [2.75, 3.05) is 37.0 Å². The summed E-state index contributed by atoms with van der Waals surface area (Å²) >= 11 is 1.28. The van der Waals surface area contributed by atoms with Crippen molar-refractivity contribution in [1.29, 1.82) is 0 Å². The predicted molar refractivity (Wildman–Crippen MR) is 120 cm³/mol. The van der Waals surface area contributed by atoms with E-state index < -0.39 is 5.25 Å². The molecule has 0 aromatic heterocycles. The van der Waals surface area contributed by atoms with Gasteiger partial charge in [0, 0.05) is 23.7 Å². The number of nitrogens with zero attached hydrogens (tertiary/aromatic N) is 2. The summed E-state index contributed by atoms with van der Waals surface area (Å²) in [5.74, 6) is -0.146. The third-order valence-electron chi connectivity index (χ3n) is 5.46. The van der Waals surface area contributed by atoms with Crippen molar-refractivity contribution in [1.82, 2.24) is 4.90 Å². The molecule has 31 heavy (non-hydrogen) atoms. The van der Waals surface area contributed by atoms with Crippen molar-refractivity contribution in [2.24, 2.45) is 0 Å². The van der Waals surface area contributed by atoms with Gasteiger partial charge in [0.05, 0.1) is 12.8 Å². The first kappa shape index (κ1) is 21.2. The molecule has 2 aromatic rings. The fourth-order valence-electron chi connectivity index (χ4n) is 3.84. The topological polar surface area (TPSA) is 79.0 Å². The van der Waals surface area contributed by atoms with Gasteiger partial charge in [-0.1, -0.05) is 12.1 Å². The van der Waals surface area contributed by atoms with Crippen LogP contribution in [-0.4, -0.2) is 54.6 Å². The molecule has 1 atom stereocenters. The standard InChI is InChI=1S/C23H25N3O4S/c1-30-17-11-9-16(10-12-17)24-20(27)15-26-18-7-3-4-8-19(18)31-21(23(26)29)22(28)25-13-5-2-6-14-25/h3-4,7-12,21H,2,5-6,13-15H2,1H3,(H,24,27)/t21-/m1/s1. The van der Waals surface area contributed by atoms with Crippen LogP contribution in [0.5, 0.6) is 5.75 Å². The molecule has 0 bridgehead atoms. The smallest absolute Gasteiger partial charge is 0.250 e. The number of thioether (sulfide) groups is 1. The maximum Gasteiger partial charge on any atom is 0.250 e. The third-order valence-corrected chi connectivity index (χ3v) is 6.70. The quantitative estimate of drug-likeness (QED) is 0.724. The molecule has 162 valence electrons. The Morgan fingerprint density at radius 3 is 2.48 bits per heavy atom. The molecule has 2 aliphatic rings. The Hall–Kier alpha value is -3.00. The van der Waals surface area contributed by atoms with E-state index in [1.54, 1.807) is 36.3 Å². The van der Waals surface area contributed by atoms with Crippen LogP contribution in [0.15, 0.2) is 53.4 Å². The normalized spacial score (nSPS) is 18.4. The number of carbonyl (C=O) groups excluding carboxylic acids is 3. The molecule has 8 heteroatoms. The molecule has 4 rings (SSSR count). The number of methoxy groups -OCH3 is 1. The first-order valence-electron chi connectivity index (χ1n) is 10.4. The zero-order valence-electron chi connectivity index (χ0n) is 17.4. The van der Waals surface area contributed by atoms with E-state index in [0.29, 0.717) is 30.2 Å². The summed E-state index contributed by atoms with van der Waals surface area (Å²) in [5.41, 5.74) is 1.27. The second-order valence-electron chi connectivity index (χ2n) is 7.55. The Balaban J connectivity index is 1.52. The number of rotatable bonds is 5. The number of carbonyl (C=O) groups is 3. The Labute approximate surface area is 185 Å². The van der Waals surface area contributed by atoms with E-state index >= 15 is 0 Å². The lowest BCUT2D eigenvalue weighted by atomic mass is 10.1. The highest BCUT2D eigenvalue weighted by molar-refractivity contribution is 8.01. The lowest BCUT2D eigenvalue weighted by Gasteiger charge is -2.36. The van der Waals surface area contributed by atoms with E-state index in [-0.39, 0.29) is 24.3 Å². The molecule has 2 heterocycles. The van der Waals surface area contributed by atoms with Crippen LogP contribution in [0, 0.1) is 0 Å². The van der Waals surface area contributed by atoms with Crippen molar-refractivity contribution in [3.05, 3.63) is 48.5 Å². The van der Waals surface area contributed by atoms with Crippen LogP contribution < -0.4 is 15.0 Å². The van der Waals surface area contributed by atoms with Crippen molar-refractivity contribution in [3.63, 3.8) is 0 Å². The Kier molecular flexibility index (Phi) is 6.46. The molecule has 7 nitrogen and oxygen atoms in total. The van der Waals surface area contributed by atoms with Crippen molar-refractivity contribution < 1.29 is 19.1 Å². The summed E-state index contributed by atoms with van der Waals surface area (Å²) in [4.78, 5) is 43.2. The molecule has 0 saturated carbocycles. The molecule has 1 N–H and O–H groups in total. The van der Waals surface area contributed by atoms with Crippen LogP contribution in [0.4, 0.5) is 11.4 Å². The Morgan fingerprint density at radius 1 is 1.06 bits per heavy atom. The van der Waals surface area contributed by atoms with E-state index in [4.69, 9.17) is 4.74 Å². The largest absolute Gasteiger partial charge is 0.497 e. The molecule has 2 aliphatic heterocycles. The van der Waals surface area contributed by atoms with Gasteiger partial charge in [-0.3, -0.25) is 14.4 Å². The van der Waals surface area contributed by atoms with Crippen LogP contribution in [0.3, 0.4) is 0 Å². The highest BCUT2D eigenvalue weighted by Crippen LogP contribution is 2.40. The van der Waals surface area contributed by atoms with Gasteiger partial charge in [-0.2, -0.15) is 0 Å². The number of anilines is 2. The summed E-state index contributed by atoms with van der Waals surface area (Å²) in [6.07, 6.45) is 3.03. The molecule has 0 aliphatic carbocycles. The van der Waals surface area contributed by atoms with E-state index in [9.17, 15) is 14.4 Å². The number of fused-ring (bicyclic) bond motifs is 1. The lowest BCUT2D eigenvalue weighted by molar-refractivity contribution is -0.135. The fourth-order valence-corrected chi connectivity index (χ4v) is 5.02. The van der Waals surface area contributed by atoms with Crippen LogP contribution in [0.25, 0.3) is 0 Å². The van der Waals surface area contributed by atoms with E-state index in [1.165, 1.54) is 16.7 Å². The van der Waals surface area contributed by atoms with Crippen molar-refractivity contribution in [2.45, 2.75) is 29.4 Å². The van der Waals surface area contributed by atoms with Gasteiger partial charge < -0.3 is 19.9 Å². The first-order chi connectivity index (χ1) is 15.1. The minimum Gasteiger partial charge on any atom is -0.497 e. The highest BCUT2D eigenvalue weighted by Gasteiger charge is 2.40. The number of piperidine rings is 1. The van der Waals surface area contributed by atoms with Crippen LogP contribution >= 0.6 is 11.8 Å². The maximum absolute atomic E-state index is 13.3. The summed E-state index contributed by atoms with van der Waals surface area (Å²) in [7, 11) is 1.58. The molecule has 3 amide bonds. The molecule has 0 unspecified atom stereocenters. The number of para-hydroxylation sites is 1. The van der Waals surface area contributed by atoms with Crippen LogP contribution in [-0.2, 0) is 14.4 Å². The van der Waals surface area contributed by atoms with Crippen molar-refractivity contribution >= 4 is 40.9 Å². The predicted octanol–water partition coefficient (Wildman–Crippen LogP) is 3.15. The zero-order chi connectivity index (χ0) is 21.8. The van der Waals surface area contributed by atoms with Gasteiger partial charge in [-0.15, -0.1) is 11.8 Å². The van der Waals surface area contributed by atoms with Crippen LogP contribution in [0.2, 0.25) is 0 Å². The number of benzene rings is 2. The fraction of sp³-hybridized carbons (Fsp3) is 0.348. The molecular formula is C23H25N3O4S.